The molecule has 0 aliphatic rings. The molecule has 1 aromatic carbocycles. The predicted molar refractivity (Wildman–Crippen MR) is 61.5 cm³/mol. The number of fused-ring (bicyclic) bond motifs is 1. The third-order valence-corrected chi connectivity index (χ3v) is 2.46. The molecule has 0 spiro atoms. The van der Waals surface area contributed by atoms with Gasteiger partial charge in [-0.2, -0.15) is 0 Å². The van der Waals surface area contributed by atoms with Crippen LogP contribution in [0.5, 0.6) is 0 Å². The maximum absolute atomic E-state index is 12.2. The molecule has 1 aromatic heterocycles. The number of rotatable bonds is 2. The van der Waals surface area contributed by atoms with E-state index >= 15 is 0 Å². The molecule has 1 nitrogen and oxygen atoms in total. The molecule has 0 fully saturated rings. The molecule has 0 saturated carbocycles. The standard InChI is InChI=1S/C12H8ClFO/c1-2-10-8(6-7-14)12-9(13)4-3-5-11(12)15-10/h2-7H,1H2/b7-6+. The monoisotopic (exact) mass is 222 g/mol. The second-order valence-electron chi connectivity index (χ2n) is 2.99. The van der Waals surface area contributed by atoms with Gasteiger partial charge in [-0.05, 0) is 24.3 Å². The number of furan rings is 1. The smallest absolute Gasteiger partial charge is 0.136 e. The Morgan fingerprint density at radius 3 is 2.87 bits per heavy atom. The van der Waals surface area contributed by atoms with Crippen molar-refractivity contribution < 1.29 is 8.81 Å². The Hall–Kier alpha value is -1.54. The molecule has 1 heterocycles. The Kier molecular flexibility index (Phi) is 2.60. The lowest BCUT2D eigenvalue weighted by molar-refractivity contribution is 0.603. The highest BCUT2D eigenvalue weighted by molar-refractivity contribution is 6.36. The molecule has 0 unspecified atom stereocenters. The summed E-state index contributed by atoms with van der Waals surface area (Å²) < 4.78 is 17.7. The summed E-state index contributed by atoms with van der Waals surface area (Å²) >= 11 is 6.02. The molecule has 2 aromatic rings. The zero-order valence-corrected chi connectivity index (χ0v) is 8.59. The van der Waals surface area contributed by atoms with Crippen molar-refractivity contribution in [3.8, 4) is 0 Å². The first-order valence-electron chi connectivity index (χ1n) is 4.38. The van der Waals surface area contributed by atoms with Crippen LogP contribution in [0.25, 0.3) is 23.1 Å². The van der Waals surface area contributed by atoms with Crippen LogP contribution in [-0.2, 0) is 0 Å². The van der Waals surface area contributed by atoms with Crippen LogP contribution in [0.15, 0.2) is 35.5 Å². The van der Waals surface area contributed by atoms with Gasteiger partial charge in [-0.25, -0.2) is 4.39 Å². The van der Waals surface area contributed by atoms with E-state index in [1.165, 1.54) is 12.2 Å². The Bertz CT molecular complexity index is 540. The first-order valence-corrected chi connectivity index (χ1v) is 4.76. The van der Waals surface area contributed by atoms with Crippen LogP contribution < -0.4 is 0 Å². The number of benzene rings is 1. The Morgan fingerprint density at radius 1 is 1.40 bits per heavy atom. The van der Waals surface area contributed by atoms with Crippen LogP contribution in [0.3, 0.4) is 0 Å². The zero-order valence-electron chi connectivity index (χ0n) is 7.84. The van der Waals surface area contributed by atoms with Crippen molar-refractivity contribution >= 4 is 34.7 Å². The quantitative estimate of drug-likeness (QED) is 0.720. The molecule has 15 heavy (non-hydrogen) atoms. The van der Waals surface area contributed by atoms with Gasteiger partial charge >= 0.3 is 0 Å². The zero-order chi connectivity index (χ0) is 10.8. The van der Waals surface area contributed by atoms with Gasteiger partial charge in [-0.15, -0.1) is 0 Å². The summed E-state index contributed by atoms with van der Waals surface area (Å²) in [5, 5.41) is 1.25. The lowest BCUT2D eigenvalue weighted by Crippen LogP contribution is -1.73. The summed E-state index contributed by atoms with van der Waals surface area (Å²) in [7, 11) is 0. The fourth-order valence-electron chi connectivity index (χ4n) is 1.53. The molecule has 0 bridgehead atoms. The number of hydrogen-bond donors (Lipinski definition) is 0. The van der Waals surface area contributed by atoms with Crippen molar-refractivity contribution in [2.75, 3.05) is 0 Å². The largest absolute Gasteiger partial charge is 0.456 e. The highest BCUT2D eigenvalue weighted by atomic mass is 35.5. The van der Waals surface area contributed by atoms with E-state index in [9.17, 15) is 4.39 Å². The highest BCUT2D eigenvalue weighted by Crippen LogP contribution is 2.33. The molecular weight excluding hydrogens is 215 g/mol. The lowest BCUT2D eigenvalue weighted by Gasteiger charge is -1.93. The van der Waals surface area contributed by atoms with Gasteiger partial charge in [0.1, 0.15) is 11.3 Å². The van der Waals surface area contributed by atoms with Gasteiger partial charge in [0.25, 0.3) is 0 Å². The predicted octanol–water partition coefficient (Wildman–Crippen LogP) is 4.67. The van der Waals surface area contributed by atoms with E-state index < -0.39 is 0 Å². The van der Waals surface area contributed by atoms with Crippen LogP contribution in [0, 0.1) is 0 Å². The topological polar surface area (TPSA) is 13.1 Å². The molecule has 2 rings (SSSR count). The van der Waals surface area contributed by atoms with Gasteiger partial charge in [0.15, 0.2) is 0 Å². The highest BCUT2D eigenvalue weighted by Gasteiger charge is 2.12. The minimum atomic E-state index is 0.459. The van der Waals surface area contributed by atoms with E-state index in [1.807, 2.05) is 0 Å². The summed E-state index contributed by atoms with van der Waals surface area (Å²) in [5.74, 6) is 0.520. The van der Waals surface area contributed by atoms with E-state index in [2.05, 4.69) is 6.58 Å². The molecular formula is C12H8ClFO. The number of hydrogen-bond acceptors (Lipinski definition) is 1. The third kappa shape index (κ3) is 1.57. The number of halogens is 2. The summed E-state index contributed by atoms with van der Waals surface area (Å²) in [5.41, 5.74) is 1.25. The van der Waals surface area contributed by atoms with Crippen LogP contribution >= 0.6 is 11.6 Å². The average molecular weight is 223 g/mol. The van der Waals surface area contributed by atoms with Crippen molar-refractivity contribution in [1.29, 1.82) is 0 Å². The minimum absolute atomic E-state index is 0.459. The van der Waals surface area contributed by atoms with E-state index in [-0.39, 0.29) is 0 Å². The molecule has 0 aliphatic carbocycles. The van der Waals surface area contributed by atoms with Crippen LogP contribution in [0.4, 0.5) is 4.39 Å². The van der Waals surface area contributed by atoms with Crippen molar-refractivity contribution in [2.45, 2.75) is 0 Å². The van der Waals surface area contributed by atoms with Crippen LogP contribution in [0.2, 0.25) is 5.02 Å². The molecule has 0 aliphatic heterocycles. The minimum Gasteiger partial charge on any atom is -0.456 e. The van der Waals surface area contributed by atoms with Gasteiger partial charge in [-0.3, -0.25) is 0 Å². The van der Waals surface area contributed by atoms with E-state index in [4.69, 9.17) is 16.0 Å². The summed E-state index contributed by atoms with van der Waals surface area (Å²) in [6, 6.07) is 5.30. The lowest BCUT2D eigenvalue weighted by atomic mass is 10.1. The third-order valence-electron chi connectivity index (χ3n) is 2.15. The normalized spacial score (nSPS) is 11.3. The second-order valence-corrected chi connectivity index (χ2v) is 3.40. The van der Waals surface area contributed by atoms with Crippen molar-refractivity contribution in [1.82, 2.24) is 0 Å². The fraction of sp³-hybridized carbons (Fsp3) is 0. The molecule has 0 saturated heterocycles. The molecule has 0 N–H and O–H groups in total. The Balaban J connectivity index is 2.88. The van der Waals surface area contributed by atoms with Gasteiger partial charge < -0.3 is 4.42 Å². The summed E-state index contributed by atoms with van der Waals surface area (Å²) in [6.45, 7) is 3.61. The maximum Gasteiger partial charge on any atom is 0.136 e. The first kappa shape index (κ1) is 9.99. The first-order chi connectivity index (χ1) is 7.27. The van der Waals surface area contributed by atoms with E-state index in [0.29, 0.717) is 33.6 Å². The molecule has 0 radical (unpaired) electrons. The molecule has 3 heteroatoms. The summed E-state index contributed by atoms with van der Waals surface area (Å²) in [4.78, 5) is 0. The SMILES string of the molecule is C=Cc1oc2cccc(Cl)c2c1/C=C/F. The van der Waals surface area contributed by atoms with Gasteiger partial charge in [0.2, 0.25) is 0 Å². The van der Waals surface area contributed by atoms with E-state index in [0.717, 1.165) is 0 Å². The Labute approximate surface area is 91.5 Å². The molecule has 0 atom stereocenters. The van der Waals surface area contributed by atoms with Crippen LogP contribution in [0.1, 0.15) is 11.3 Å². The molecule has 76 valence electrons. The van der Waals surface area contributed by atoms with Gasteiger partial charge in [-0.1, -0.05) is 24.2 Å². The van der Waals surface area contributed by atoms with Gasteiger partial charge in [0.05, 0.1) is 11.4 Å². The van der Waals surface area contributed by atoms with Crippen molar-refractivity contribution in [3.63, 3.8) is 0 Å². The second kappa shape index (κ2) is 3.91. The Morgan fingerprint density at radius 2 is 2.20 bits per heavy atom. The summed E-state index contributed by atoms with van der Waals surface area (Å²) in [6.07, 6.45) is 3.31. The van der Waals surface area contributed by atoms with Crippen LogP contribution in [-0.4, -0.2) is 0 Å². The fourth-order valence-corrected chi connectivity index (χ4v) is 1.80. The van der Waals surface area contributed by atoms with Crippen molar-refractivity contribution in [2.24, 2.45) is 0 Å². The molecule has 0 amide bonds. The van der Waals surface area contributed by atoms with E-state index in [1.54, 1.807) is 18.2 Å². The van der Waals surface area contributed by atoms with Crippen molar-refractivity contribution in [3.05, 3.63) is 47.5 Å². The average Bonchev–Trinajstić information content (AvgIpc) is 2.58. The van der Waals surface area contributed by atoms with Gasteiger partial charge in [0, 0.05) is 10.9 Å². The maximum atomic E-state index is 12.2.